The quantitative estimate of drug-likeness (QED) is 0.865. The smallest absolute Gasteiger partial charge is 0.405 e. The fourth-order valence-corrected chi connectivity index (χ4v) is 1.53. The number of rotatable bonds is 4. The molecule has 1 aromatic rings. The second-order valence-electron chi connectivity index (χ2n) is 3.77. The molecule has 108 valence electrons. The van der Waals surface area contributed by atoms with Crippen molar-refractivity contribution in [1.82, 2.24) is 0 Å². The minimum absolute atomic E-state index is 0.00809. The summed E-state index contributed by atoms with van der Waals surface area (Å²) in [4.78, 5) is 10.5. The maximum absolute atomic E-state index is 13.6. The molecule has 1 N–H and O–H groups in total. The van der Waals surface area contributed by atoms with E-state index in [2.05, 4.69) is 0 Å². The molecule has 0 aliphatic carbocycles. The summed E-state index contributed by atoms with van der Waals surface area (Å²) in [5.41, 5.74) is -1.56. The van der Waals surface area contributed by atoms with Gasteiger partial charge in [-0.1, -0.05) is 0 Å². The van der Waals surface area contributed by atoms with Crippen LogP contribution in [-0.4, -0.2) is 30.3 Å². The van der Waals surface area contributed by atoms with Crippen molar-refractivity contribution in [3.63, 3.8) is 0 Å². The van der Waals surface area contributed by atoms with Crippen molar-refractivity contribution in [3.05, 3.63) is 29.3 Å². The van der Waals surface area contributed by atoms with Crippen molar-refractivity contribution in [3.8, 4) is 6.07 Å². The molecule has 0 aliphatic heterocycles. The number of nitriles is 1. The van der Waals surface area contributed by atoms with Crippen molar-refractivity contribution in [2.75, 3.05) is 18.0 Å². The van der Waals surface area contributed by atoms with Crippen LogP contribution in [0.1, 0.15) is 5.56 Å². The van der Waals surface area contributed by atoms with Gasteiger partial charge in [-0.3, -0.25) is 4.79 Å². The first-order valence-electron chi connectivity index (χ1n) is 5.06. The Balaban J connectivity index is 3.27. The highest BCUT2D eigenvalue weighted by molar-refractivity contribution is 5.74. The normalized spacial score (nSPS) is 11.0. The lowest BCUT2D eigenvalue weighted by Crippen LogP contribution is -2.39. The van der Waals surface area contributed by atoms with Gasteiger partial charge in [-0.05, 0) is 12.1 Å². The molecule has 4 nitrogen and oxygen atoms in total. The summed E-state index contributed by atoms with van der Waals surface area (Å²) in [6.45, 7) is -3.07. The molecule has 20 heavy (non-hydrogen) atoms. The van der Waals surface area contributed by atoms with E-state index in [1.165, 1.54) is 6.07 Å². The molecule has 0 heterocycles. The highest BCUT2D eigenvalue weighted by Gasteiger charge is 2.34. The predicted molar refractivity (Wildman–Crippen MR) is 57.0 cm³/mol. The van der Waals surface area contributed by atoms with Crippen LogP contribution >= 0.6 is 0 Å². The Hall–Kier alpha value is -2.37. The van der Waals surface area contributed by atoms with Crippen molar-refractivity contribution >= 4 is 11.7 Å². The fourth-order valence-electron chi connectivity index (χ4n) is 1.53. The van der Waals surface area contributed by atoms with Crippen LogP contribution in [0.5, 0.6) is 0 Å². The maximum atomic E-state index is 13.6. The molecular weight excluding hydrogens is 287 g/mol. The van der Waals surface area contributed by atoms with Crippen molar-refractivity contribution < 1.29 is 31.9 Å². The van der Waals surface area contributed by atoms with Crippen LogP contribution in [0.4, 0.5) is 27.6 Å². The van der Waals surface area contributed by atoms with E-state index in [0.717, 1.165) is 0 Å². The molecule has 0 radical (unpaired) electrons. The van der Waals surface area contributed by atoms with Gasteiger partial charge in [0.25, 0.3) is 0 Å². The Bertz CT molecular complexity index is 542. The van der Waals surface area contributed by atoms with Crippen molar-refractivity contribution in [2.24, 2.45) is 0 Å². The van der Waals surface area contributed by atoms with Crippen LogP contribution in [0.25, 0.3) is 0 Å². The van der Waals surface area contributed by atoms with E-state index in [4.69, 9.17) is 10.4 Å². The Kier molecular flexibility index (Phi) is 4.49. The summed E-state index contributed by atoms with van der Waals surface area (Å²) in [6, 6.07) is 2.49. The van der Waals surface area contributed by atoms with E-state index < -0.39 is 48.1 Å². The van der Waals surface area contributed by atoms with E-state index in [1.807, 2.05) is 0 Å². The van der Waals surface area contributed by atoms with Gasteiger partial charge in [0.15, 0.2) is 11.6 Å². The molecule has 0 bridgehead atoms. The monoisotopic (exact) mass is 294 g/mol. The molecule has 0 aromatic heterocycles. The Morgan fingerprint density at radius 3 is 2.15 bits per heavy atom. The standard InChI is InChI=1S/C11H7F5N2O2/c12-7-1-6(3-17)2-8(13)10(7)18(4-9(19)20)5-11(14,15)16/h1-2H,4-5H2,(H,19,20). The third-order valence-electron chi connectivity index (χ3n) is 2.16. The van der Waals surface area contributed by atoms with Gasteiger partial charge in [-0.25, -0.2) is 8.78 Å². The summed E-state index contributed by atoms with van der Waals surface area (Å²) in [5.74, 6) is -4.56. The lowest BCUT2D eigenvalue weighted by Gasteiger charge is -2.25. The molecule has 0 saturated carbocycles. The minimum Gasteiger partial charge on any atom is -0.480 e. The number of hydrogen-bond donors (Lipinski definition) is 1. The molecule has 1 rings (SSSR count). The molecule has 0 spiro atoms. The summed E-state index contributed by atoms with van der Waals surface area (Å²) in [6.07, 6.45) is -4.85. The van der Waals surface area contributed by atoms with E-state index in [9.17, 15) is 26.7 Å². The first-order valence-corrected chi connectivity index (χ1v) is 5.06. The van der Waals surface area contributed by atoms with Crippen LogP contribution in [0.2, 0.25) is 0 Å². The molecule has 0 unspecified atom stereocenters. The average Bonchev–Trinajstić information content (AvgIpc) is 2.24. The SMILES string of the molecule is N#Cc1cc(F)c(N(CC(=O)O)CC(F)(F)F)c(F)c1. The lowest BCUT2D eigenvalue weighted by atomic mass is 10.2. The molecule has 0 fully saturated rings. The summed E-state index contributed by atoms with van der Waals surface area (Å²) in [5, 5.41) is 17.0. The zero-order valence-electron chi connectivity index (χ0n) is 9.71. The number of anilines is 1. The third kappa shape index (κ3) is 4.08. The number of carboxylic acids is 1. The first-order chi connectivity index (χ1) is 9.14. The van der Waals surface area contributed by atoms with E-state index in [1.54, 1.807) is 0 Å². The number of halogens is 5. The van der Waals surface area contributed by atoms with Gasteiger partial charge in [-0.2, -0.15) is 18.4 Å². The van der Waals surface area contributed by atoms with Gasteiger partial charge >= 0.3 is 12.1 Å². The first kappa shape index (κ1) is 15.7. The Labute approximate surface area is 109 Å². The number of benzene rings is 1. The van der Waals surface area contributed by atoms with Crippen LogP contribution < -0.4 is 4.90 Å². The molecule has 0 amide bonds. The van der Waals surface area contributed by atoms with Crippen LogP contribution in [0.3, 0.4) is 0 Å². The van der Waals surface area contributed by atoms with Gasteiger partial charge in [-0.15, -0.1) is 0 Å². The van der Waals surface area contributed by atoms with Gasteiger partial charge in [0.05, 0.1) is 11.6 Å². The predicted octanol–water partition coefficient (Wildman–Crippen LogP) is 2.29. The van der Waals surface area contributed by atoms with Gasteiger partial charge in [0.1, 0.15) is 18.8 Å². The average molecular weight is 294 g/mol. The summed E-state index contributed by atoms with van der Waals surface area (Å²) >= 11 is 0. The number of aliphatic carboxylic acids is 1. The molecular formula is C11H7F5N2O2. The van der Waals surface area contributed by atoms with Crippen LogP contribution in [-0.2, 0) is 4.79 Å². The van der Waals surface area contributed by atoms with E-state index in [-0.39, 0.29) is 4.90 Å². The zero-order chi connectivity index (χ0) is 15.5. The number of nitrogens with zero attached hydrogens (tertiary/aromatic N) is 2. The fraction of sp³-hybridized carbons (Fsp3) is 0.273. The molecule has 9 heteroatoms. The van der Waals surface area contributed by atoms with Gasteiger partial charge in [0.2, 0.25) is 0 Å². The highest BCUT2D eigenvalue weighted by Crippen LogP contribution is 2.28. The number of carboxylic acid groups (broad SMARTS) is 1. The molecule has 0 aliphatic rings. The second-order valence-corrected chi connectivity index (χ2v) is 3.77. The number of carbonyl (C=O) groups is 1. The third-order valence-corrected chi connectivity index (χ3v) is 2.16. The Morgan fingerprint density at radius 2 is 1.80 bits per heavy atom. The van der Waals surface area contributed by atoms with Gasteiger partial charge < -0.3 is 10.0 Å². The van der Waals surface area contributed by atoms with Crippen LogP contribution in [0.15, 0.2) is 12.1 Å². The molecule has 1 aromatic carbocycles. The van der Waals surface area contributed by atoms with Crippen molar-refractivity contribution in [2.45, 2.75) is 6.18 Å². The minimum atomic E-state index is -4.85. The Morgan fingerprint density at radius 1 is 1.30 bits per heavy atom. The summed E-state index contributed by atoms with van der Waals surface area (Å²) in [7, 11) is 0. The van der Waals surface area contributed by atoms with Crippen LogP contribution in [0, 0.1) is 23.0 Å². The molecule has 0 atom stereocenters. The molecule has 0 saturated heterocycles. The lowest BCUT2D eigenvalue weighted by molar-refractivity contribution is -0.136. The van der Waals surface area contributed by atoms with E-state index >= 15 is 0 Å². The van der Waals surface area contributed by atoms with Crippen molar-refractivity contribution in [1.29, 1.82) is 5.26 Å². The second kappa shape index (κ2) is 5.73. The number of alkyl halides is 3. The number of hydrogen-bond acceptors (Lipinski definition) is 3. The maximum Gasteiger partial charge on any atom is 0.405 e. The highest BCUT2D eigenvalue weighted by atomic mass is 19.4. The zero-order valence-corrected chi connectivity index (χ0v) is 9.71. The van der Waals surface area contributed by atoms with Gasteiger partial charge in [0, 0.05) is 0 Å². The topological polar surface area (TPSA) is 64.3 Å². The van der Waals surface area contributed by atoms with E-state index in [0.29, 0.717) is 12.1 Å². The largest absolute Gasteiger partial charge is 0.480 e. The summed E-state index contributed by atoms with van der Waals surface area (Å²) < 4.78 is 64.1.